The van der Waals surface area contributed by atoms with Gasteiger partial charge in [-0.3, -0.25) is 0 Å². The van der Waals surface area contributed by atoms with Gasteiger partial charge in [0.2, 0.25) is 11.4 Å². The minimum atomic E-state index is -0.0911. The molecule has 0 N–H and O–H groups in total. The molecule has 0 bridgehead atoms. The topological polar surface area (TPSA) is 27.1 Å². The second-order valence-corrected chi connectivity index (χ2v) is 22.4. The van der Waals surface area contributed by atoms with Gasteiger partial charge >= 0.3 is 0 Å². The van der Waals surface area contributed by atoms with Gasteiger partial charge in [0, 0.05) is 68.5 Å². The van der Waals surface area contributed by atoms with Gasteiger partial charge in [0.1, 0.15) is 5.82 Å². The van der Waals surface area contributed by atoms with Crippen LogP contribution in [0.25, 0.3) is 38.8 Å². The Labute approximate surface area is 407 Å². The Bertz CT molecular complexity index is 3190. The summed E-state index contributed by atoms with van der Waals surface area (Å²) in [6.07, 6.45) is 1.95. The fourth-order valence-electron chi connectivity index (χ4n) is 9.96. The molecule has 8 aromatic rings. The molecule has 6 aromatic carbocycles. The van der Waals surface area contributed by atoms with Gasteiger partial charge in [0.05, 0.1) is 5.69 Å². The van der Waals surface area contributed by atoms with Crippen molar-refractivity contribution in [3.8, 4) is 28.4 Å². The van der Waals surface area contributed by atoms with Crippen molar-refractivity contribution in [1.82, 2.24) is 18.7 Å². The number of aromatic nitrogens is 2. The summed E-state index contributed by atoms with van der Waals surface area (Å²) in [6, 6.07) is 54.5. The summed E-state index contributed by atoms with van der Waals surface area (Å²) in [7, 11) is 0. The van der Waals surface area contributed by atoms with Gasteiger partial charge in [-0.05, 0) is 79.0 Å². The molecule has 1 saturated heterocycles. The van der Waals surface area contributed by atoms with Crippen molar-refractivity contribution in [1.29, 1.82) is 0 Å². The van der Waals surface area contributed by atoms with Crippen LogP contribution in [-0.2, 0) is 37.3 Å². The van der Waals surface area contributed by atoms with E-state index in [1.807, 2.05) is 6.20 Å². The predicted octanol–water partition coefficient (Wildman–Crippen LogP) is 16.6. The summed E-state index contributed by atoms with van der Waals surface area (Å²) in [5.41, 5.74) is 14.3. The Morgan fingerprint density at radius 2 is 1.32 bits per heavy atom. The van der Waals surface area contributed by atoms with Gasteiger partial charge < -0.3 is 9.30 Å². The van der Waals surface area contributed by atoms with Crippen LogP contribution < -0.4 is 13.9 Å². The minimum Gasteiger partial charge on any atom is -0.509 e. The smallest absolute Gasteiger partial charge is 0.225 e. The van der Waals surface area contributed by atoms with Gasteiger partial charge in [0.15, 0.2) is 12.4 Å². The molecule has 0 amide bonds. The molecule has 1 unspecified atom stereocenters. The summed E-state index contributed by atoms with van der Waals surface area (Å²) in [6.45, 7) is 32.3. The van der Waals surface area contributed by atoms with E-state index in [4.69, 9.17) is 9.72 Å². The molecule has 2 aliphatic heterocycles. The average molecular weight is 1050 g/mol. The summed E-state index contributed by atoms with van der Waals surface area (Å²) in [5, 5.41) is 2.25. The average Bonchev–Trinajstić information content (AvgIpc) is 3.76. The Hall–Kier alpha value is -5.32. The first-order valence-electron chi connectivity index (χ1n) is 23.3. The van der Waals surface area contributed by atoms with E-state index < -0.39 is 0 Å². The van der Waals surface area contributed by atoms with E-state index in [0.717, 1.165) is 38.9 Å². The molecular formula is C60H63N4OPt-. The summed E-state index contributed by atoms with van der Waals surface area (Å²) in [4.78, 5) is 5.00. The van der Waals surface area contributed by atoms with Crippen molar-refractivity contribution < 1.29 is 25.8 Å². The number of quaternary nitrogens is 2. The zero-order valence-electron chi connectivity index (χ0n) is 40.9. The number of nitrogens with zero attached hydrogens (tertiary/aromatic N) is 4. The first-order chi connectivity index (χ1) is 30.6. The number of fused-ring (bicyclic) bond motifs is 7. The van der Waals surface area contributed by atoms with Crippen molar-refractivity contribution in [2.45, 2.75) is 112 Å². The largest absolute Gasteiger partial charge is 0.509 e. The fraction of sp³-hybridized carbons (Fsp3) is 0.300. The Balaban J connectivity index is 0.00000548. The normalized spacial score (nSPS) is 18.2. The molecule has 0 aliphatic carbocycles. The molecule has 2 aromatic heterocycles. The molecule has 66 heavy (non-hydrogen) atoms. The summed E-state index contributed by atoms with van der Waals surface area (Å²) >= 11 is 0. The van der Waals surface area contributed by atoms with Gasteiger partial charge in [-0.2, -0.15) is 10.7 Å². The van der Waals surface area contributed by atoms with Crippen molar-refractivity contribution in [3.05, 3.63) is 175 Å². The third-order valence-corrected chi connectivity index (χ3v) is 14.9. The van der Waals surface area contributed by atoms with E-state index in [0.29, 0.717) is 26.6 Å². The molecule has 2 aliphatic rings. The molecule has 340 valence electrons. The zero-order chi connectivity index (χ0) is 46.1. The predicted molar refractivity (Wildman–Crippen MR) is 272 cm³/mol. The zero-order valence-corrected chi connectivity index (χ0v) is 43.1. The molecule has 2 atom stereocenters. The first kappa shape index (κ1) is 45.8. The van der Waals surface area contributed by atoms with Crippen molar-refractivity contribution in [3.63, 3.8) is 0 Å². The SMILES string of the molecule is CC(C)c1ccccc1-c1cc(Oc2[c-]c3c(cc2)c2ccccc2n3-c2cc(C(C)(C)C(C)(C)C)ccn2)[c-]c([N+]23[CH-][N@+]2(c2cccc(C(C)(C)C)c2)c2ccc(C(C)(C)C)cc23)c1.[Pt]. The van der Waals surface area contributed by atoms with Crippen LogP contribution in [0.3, 0.4) is 0 Å². The second kappa shape index (κ2) is 15.6. The van der Waals surface area contributed by atoms with Gasteiger partial charge in [0.25, 0.3) is 0 Å². The number of pyridine rings is 1. The quantitative estimate of drug-likeness (QED) is 0.0861. The summed E-state index contributed by atoms with van der Waals surface area (Å²) < 4.78 is 10.4. The number of hydrogen-bond acceptors (Lipinski definition) is 2. The maximum absolute atomic E-state index is 7.07. The molecule has 0 radical (unpaired) electrons. The Morgan fingerprint density at radius 3 is 2.05 bits per heavy atom. The number of ether oxygens (including phenoxy) is 1. The monoisotopic (exact) mass is 1050 g/mol. The molecular weight excluding hydrogens is 988 g/mol. The van der Waals surface area contributed by atoms with E-state index in [-0.39, 0.29) is 42.7 Å². The fourth-order valence-corrected chi connectivity index (χ4v) is 9.96. The first-order valence-corrected chi connectivity index (χ1v) is 23.3. The van der Waals surface area contributed by atoms with Crippen LogP contribution in [0, 0.1) is 24.2 Å². The third-order valence-electron chi connectivity index (χ3n) is 14.9. The molecule has 0 spiro atoms. The van der Waals surface area contributed by atoms with Crippen LogP contribution in [0.5, 0.6) is 11.5 Å². The van der Waals surface area contributed by atoms with Crippen LogP contribution >= 0.6 is 0 Å². The minimum absolute atomic E-state index is 0. The van der Waals surface area contributed by atoms with Crippen LogP contribution in [0.4, 0.5) is 22.7 Å². The van der Waals surface area contributed by atoms with Gasteiger partial charge in [-0.15, -0.1) is 29.1 Å². The third kappa shape index (κ3) is 7.03. The van der Waals surface area contributed by atoms with E-state index in [9.17, 15) is 0 Å². The van der Waals surface area contributed by atoms with Crippen molar-refractivity contribution in [2.75, 3.05) is 0 Å². The molecule has 0 saturated carbocycles. The molecule has 6 heteroatoms. The summed E-state index contributed by atoms with van der Waals surface area (Å²) in [5.74, 6) is 2.47. The standard InChI is InChI=1S/C60H63N4O.Pt/c1-39(2)48-21-14-15-22-49(48)40-31-45(64-38-63(64,44-20-18-19-41(33-44)57(3,4)5)54-28-25-42(34-55(54)64)58(6,7)8)36-47(32-40)65-46-26-27-51-50-23-16-17-24-52(50)62(53(51)37-46)56-35-43(29-30-61-56)60(12,13)59(9,10)11;/h14-35,38-39H,1-13H3;/q-1;/t63-,64?;/m0./s1. The van der Waals surface area contributed by atoms with Crippen LogP contribution in [0.15, 0.2) is 134 Å². The number of para-hydroxylation sites is 1. The van der Waals surface area contributed by atoms with E-state index in [1.165, 1.54) is 44.9 Å². The van der Waals surface area contributed by atoms with Gasteiger partial charge in [-0.25, -0.2) is 9.58 Å². The molecule has 5 nitrogen and oxygen atoms in total. The second-order valence-electron chi connectivity index (χ2n) is 22.4. The van der Waals surface area contributed by atoms with Crippen molar-refractivity contribution in [2.24, 2.45) is 5.41 Å². The maximum atomic E-state index is 7.07. The number of benzene rings is 6. The molecule has 4 heterocycles. The van der Waals surface area contributed by atoms with E-state index in [1.54, 1.807) is 0 Å². The van der Waals surface area contributed by atoms with Crippen molar-refractivity contribution >= 4 is 44.6 Å². The van der Waals surface area contributed by atoms with Crippen LogP contribution in [0.2, 0.25) is 0 Å². The van der Waals surface area contributed by atoms with Crippen LogP contribution in [0.1, 0.15) is 118 Å². The van der Waals surface area contributed by atoms with Crippen LogP contribution in [-0.4, -0.2) is 9.55 Å². The number of hydrogen-bond donors (Lipinski definition) is 0. The number of rotatable bonds is 8. The Kier molecular flexibility index (Phi) is 10.8. The van der Waals surface area contributed by atoms with Gasteiger partial charge in [-0.1, -0.05) is 168 Å². The van der Waals surface area contributed by atoms with E-state index in [2.05, 4.69) is 241 Å². The molecule has 10 rings (SSSR count). The van der Waals surface area contributed by atoms with E-state index >= 15 is 0 Å². The molecule has 1 fully saturated rings. The Morgan fingerprint density at radius 1 is 0.606 bits per heavy atom. The maximum Gasteiger partial charge on any atom is 0.225 e.